The summed E-state index contributed by atoms with van der Waals surface area (Å²) in [6, 6.07) is 14.4. The number of piperazine rings is 1. The molecule has 5 rings (SSSR count). The van der Waals surface area contributed by atoms with Crippen LogP contribution >= 0.6 is 0 Å². The molecule has 2 amide bonds. The van der Waals surface area contributed by atoms with Gasteiger partial charge in [0.25, 0.3) is 0 Å². The number of carbonyl (C=O) groups excluding carboxylic acids is 2. The van der Waals surface area contributed by atoms with Gasteiger partial charge in [0.2, 0.25) is 11.8 Å². The zero-order valence-electron chi connectivity index (χ0n) is 22.3. The van der Waals surface area contributed by atoms with Crippen LogP contribution in [0.2, 0.25) is 0 Å². The van der Waals surface area contributed by atoms with Crippen molar-refractivity contribution in [3.63, 3.8) is 0 Å². The van der Waals surface area contributed by atoms with Gasteiger partial charge in [-0.15, -0.1) is 0 Å². The molecule has 200 valence electrons. The quantitative estimate of drug-likeness (QED) is 0.586. The fraction of sp³-hybridized carbons (Fsp3) is 0.600. The lowest BCUT2D eigenvalue weighted by atomic mass is 9.69. The minimum atomic E-state index is -2.98. The molecule has 37 heavy (non-hydrogen) atoms. The van der Waals surface area contributed by atoms with Crippen LogP contribution in [0.25, 0.3) is 10.8 Å². The van der Waals surface area contributed by atoms with E-state index in [1.54, 1.807) is 6.92 Å². The Hall–Kier alpha value is -2.41. The highest BCUT2D eigenvalue weighted by Crippen LogP contribution is 2.43. The third-order valence-corrected chi connectivity index (χ3v) is 11.1. The first-order valence-electron chi connectivity index (χ1n) is 13.9. The van der Waals surface area contributed by atoms with Crippen molar-refractivity contribution in [1.82, 2.24) is 9.80 Å². The van der Waals surface area contributed by atoms with Crippen molar-refractivity contribution in [2.75, 3.05) is 12.8 Å². The zero-order valence-corrected chi connectivity index (χ0v) is 23.1. The highest BCUT2D eigenvalue weighted by molar-refractivity contribution is 7.91. The van der Waals surface area contributed by atoms with E-state index in [2.05, 4.69) is 36.1 Å². The van der Waals surface area contributed by atoms with Gasteiger partial charge in [0, 0.05) is 25.8 Å². The number of hydrogen-bond acceptors (Lipinski definition) is 4. The number of rotatable bonds is 4. The first kappa shape index (κ1) is 26.2. The minimum Gasteiger partial charge on any atom is -0.335 e. The van der Waals surface area contributed by atoms with Gasteiger partial charge in [-0.2, -0.15) is 0 Å². The SMILES string of the molecule is CC(=O)N1C2CCC(C3CCC(S(C)(=O)=O)CC3)CC2N(C(=O)Cc2cccc3ccccc23)C[C@@H]1C. The number of sulfone groups is 1. The van der Waals surface area contributed by atoms with Gasteiger partial charge in [-0.05, 0) is 80.0 Å². The summed E-state index contributed by atoms with van der Waals surface area (Å²) in [6.07, 6.45) is 7.94. The monoisotopic (exact) mass is 524 g/mol. The van der Waals surface area contributed by atoms with Crippen LogP contribution in [-0.4, -0.2) is 66.2 Å². The van der Waals surface area contributed by atoms with Crippen LogP contribution in [0, 0.1) is 11.8 Å². The van der Waals surface area contributed by atoms with Gasteiger partial charge < -0.3 is 9.80 Å². The Morgan fingerprint density at radius 1 is 0.892 bits per heavy atom. The van der Waals surface area contributed by atoms with Crippen molar-refractivity contribution in [3.8, 4) is 0 Å². The van der Waals surface area contributed by atoms with Crippen molar-refractivity contribution in [2.45, 2.75) is 88.6 Å². The molecule has 0 radical (unpaired) electrons. The molecule has 0 bridgehead atoms. The van der Waals surface area contributed by atoms with E-state index in [-0.39, 0.29) is 35.2 Å². The molecular formula is C30H40N2O4S. The Balaban J connectivity index is 1.36. The predicted octanol–water partition coefficient (Wildman–Crippen LogP) is 4.60. The standard InChI is InChI=1S/C30H40N2O4S/c1-20-19-31(30(34)18-25-9-6-8-23-7-4-5-10-27(23)25)29-17-24(13-16-28(29)32(20)21(2)33)22-11-14-26(15-12-22)37(3,35)36/h4-10,20,22,24,26,28-29H,11-19H2,1-3H3/t20-,22?,24?,26?,28?,29?/m0/s1. The molecule has 1 aliphatic heterocycles. The van der Waals surface area contributed by atoms with Crippen molar-refractivity contribution in [2.24, 2.45) is 11.8 Å². The van der Waals surface area contributed by atoms with E-state index in [0.29, 0.717) is 24.8 Å². The Kier molecular flexibility index (Phi) is 7.36. The van der Waals surface area contributed by atoms with E-state index < -0.39 is 9.84 Å². The topological polar surface area (TPSA) is 74.8 Å². The van der Waals surface area contributed by atoms with Gasteiger partial charge >= 0.3 is 0 Å². The smallest absolute Gasteiger partial charge is 0.227 e. The third kappa shape index (κ3) is 5.29. The molecular weight excluding hydrogens is 484 g/mol. The molecule has 0 spiro atoms. The van der Waals surface area contributed by atoms with Crippen LogP contribution in [0.1, 0.15) is 64.4 Å². The first-order chi connectivity index (χ1) is 17.6. The average molecular weight is 525 g/mol. The highest BCUT2D eigenvalue weighted by Gasteiger charge is 2.47. The van der Waals surface area contributed by atoms with Crippen LogP contribution in [0.3, 0.4) is 0 Å². The normalized spacial score (nSPS) is 30.7. The average Bonchev–Trinajstić information content (AvgIpc) is 2.87. The zero-order chi connectivity index (χ0) is 26.3. The summed E-state index contributed by atoms with van der Waals surface area (Å²) in [7, 11) is -2.98. The van der Waals surface area contributed by atoms with Crippen molar-refractivity contribution >= 4 is 32.4 Å². The predicted molar refractivity (Wildman–Crippen MR) is 147 cm³/mol. The van der Waals surface area contributed by atoms with Crippen molar-refractivity contribution in [3.05, 3.63) is 48.0 Å². The lowest BCUT2D eigenvalue weighted by Gasteiger charge is -2.55. The maximum atomic E-state index is 13.9. The number of hydrogen-bond donors (Lipinski definition) is 0. The number of amides is 2. The van der Waals surface area contributed by atoms with Crippen molar-refractivity contribution in [1.29, 1.82) is 0 Å². The molecule has 0 aromatic heterocycles. The van der Waals surface area contributed by atoms with Gasteiger partial charge in [0.15, 0.2) is 0 Å². The van der Waals surface area contributed by atoms with E-state index in [1.165, 1.54) is 6.26 Å². The maximum Gasteiger partial charge on any atom is 0.227 e. The largest absolute Gasteiger partial charge is 0.335 e. The van der Waals surface area contributed by atoms with Gasteiger partial charge in [-0.25, -0.2) is 8.42 Å². The second-order valence-electron chi connectivity index (χ2n) is 11.7. The Morgan fingerprint density at radius 3 is 2.27 bits per heavy atom. The third-order valence-electron chi connectivity index (χ3n) is 9.41. The molecule has 3 aliphatic rings. The fourth-order valence-corrected chi connectivity index (χ4v) is 8.74. The number of fused-ring (bicyclic) bond motifs is 2. The number of carbonyl (C=O) groups is 2. The molecule has 3 unspecified atom stereocenters. The molecule has 3 fully saturated rings. The van der Waals surface area contributed by atoms with Crippen LogP contribution in [-0.2, 0) is 25.8 Å². The van der Waals surface area contributed by atoms with Gasteiger partial charge in [-0.3, -0.25) is 9.59 Å². The Bertz CT molecular complexity index is 1260. The summed E-state index contributed by atoms with van der Waals surface area (Å²) in [4.78, 5) is 30.7. The first-order valence-corrected chi connectivity index (χ1v) is 15.8. The van der Waals surface area contributed by atoms with Gasteiger partial charge in [0.1, 0.15) is 9.84 Å². The van der Waals surface area contributed by atoms with Crippen molar-refractivity contribution < 1.29 is 18.0 Å². The molecule has 2 aliphatic carbocycles. The van der Waals surface area contributed by atoms with E-state index in [4.69, 9.17) is 0 Å². The maximum absolute atomic E-state index is 13.9. The Morgan fingerprint density at radius 2 is 1.57 bits per heavy atom. The molecule has 1 saturated heterocycles. The van der Waals surface area contributed by atoms with E-state index >= 15 is 0 Å². The van der Waals surface area contributed by atoms with Crippen LogP contribution in [0.15, 0.2) is 42.5 Å². The minimum absolute atomic E-state index is 0.00281. The lowest BCUT2D eigenvalue weighted by molar-refractivity contribution is -0.154. The molecule has 6 nitrogen and oxygen atoms in total. The van der Waals surface area contributed by atoms with Crippen LogP contribution < -0.4 is 0 Å². The fourth-order valence-electron chi connectivity index (χ4n) is 7.61. The molecule has 7 heteroatoms. The number of benzene rings is 2. The second-order valence-corrected chi connectivity index (χ2v) is 14.0. The summed E-state index contributed by atoms with van der Waals surface area (Å²) >= 11 is 0. The number of nitrogens with zero attached hydrogens (tertiary/aromatic N) is 2. The van der Waals surface area contributed by atoms with Gasteiger partial charge in [-0.1, -0.05) is 42.5 Å². The molecule has 2 aromatic carbocycles. The second kappa shape index (κ2) is 10.4. The summed E-state index contributed by atoms with van der Waals surface area (Å²) < 4.78 is 24.1. The van der Waals surface area contributed by atoms with Gasteiger partial charge in [0.05, 0.1) is 23.8 Å². The summed E-state index contributed by atoms with van der Waals surface area (Å²) in [5.41, 5.74) is 1.05. The Labute approximate surface area is 221 Å². The molecule has 2 aromatic rings. The van der Waals surface area contributed by atoms with E-state index in [9.17, 15) is 18.0 Å². The highest BCUT2D eigenvalue weighted by atomic mass is 32.2. The van der Waals surface area contributed by atoms with Crippen LogP contribution in [0.5, 0.6) is 0 Å². The molecule has 1 heterocycles. The van der Waals surface area contributed by atoms with Crippen LogP contribution in [0.4, 0.5) is 0 Å². The molecule has 2 saturated carbocycles. The lowest BCUT2D eigenvalue weighted by Crippen LogP contribution is -2.67. The summed E-state index contributed by atoms with van der Waals surface area (Å²) in [6.45, 7) is 4.28. The van der Waals surface area contributed by atoms with E-state index in [0.717, 1.165) is 61.3 Å². The van der Waals surface area contributed by atoms with E-state index in [1.807, 2.05) is 23.1 Å². The molecule has 4 atom stereocenters. The summed E-state index contributed by atoms with van der Waals surface area (Å²) in [5, 5.41) is 2.06. The summed E-state index contributed by atoms with van der Waals surface area (Å²) in [5.74, 6) is 1.20. The molecule has 0 N–H and O–H groups in total.